The molecule has 0 radical (unpaired) electrons. The van der Waals surface area contributed by atoms with Crippen LogP contribution in [-0.2, 0) is 12.8 Å². The molecule has 2 heterocycles. The van der Waals surface area contributed by atoms with Crippen molar-refractivity contribution in [1.29, 1.82) is 0 Å². The first-order valence-corrected chi connectivity index (χ1v) is 8.14. The molecule has 0 bridgehead atoms. The van der Waals surface area contributed by atoms with Gasteiger partial charge in [0.2, 0.25) is 0 Å². The lowest BCUT2D eigenvalue weighted by atomic mass is 10.1. The Morgan fingerprint density at radius 1 is 1.30 bits per heavy atom. The normalized spacial score (nSPS) is 18.6. The molecule has 0 aliphatic carbocycles. The third-order valence-corrected chi connectivity index (χ3v) is 5.24. The van der Waals surface area contributed by atoms with Crippen molar-refractivity contribution in [3.8, 4) is 5.75 Å². The van der Waals surface area contributed by atoms with Gasteiger partial charge in [0.1, 0.15) is 11.9 Å². The highest BCUT2D eigenvalue weighted by molar-refractivity contribution is 7.12. The Morgan fingerprint density at radius 3 is 2.90 bits per heavy atom. The van der Waals surface area contributed by atoms with Crippen molar-refractivity contribution >= 4 is 11.3 Å². The molecular weight excluding hydrogens is 266 g/mol. The zero-order chi connectivity index (χ0) is 13.9. The van der Waals surface area contributed by atoms with E-state index >= 15 is 0 Å². The van der Waals surface area contributed by atoms with Crippen LogP contribution in [0, 0.1) is 0 Å². The lowest BCUT2D eigenvalue weighted by Crippen LogP contribution is -2.31. The Morgan fingerprint density at radius 2 is 2.15 bits per heavy atom. The first-order chi connectivity index (χ1) is 9.76. The van der Waals surface area contributed by atoms with Gasteiger partial charge in [0.15, 0.2) is 0 Å². The van der Waals surface area contributed by atoms with Crippen LogP contribution < -0.4 is 10.1 Å². The van der Waals surface area contributed by atoms with E-state index in [4.69, 9.17) is 4.74 Å². The average Bonchev–Trinajstić information content (AvgIpc) is 3.10. The standard InChI is InChI=1S/C17H21NOS/c1-3-15-8-9-17(20-15)12(2)18-11-14-10-13-6-4-5-7-16(13)19-14/h4-9,12,14,18H,3,10-11H2,1-2H3. The van der Waals surface area contributed by atoms with E-state index in [1.54, 1.807) is 0 Å². The van der Waals surface area contributed by atoms with Gasteiger partial charge in [-0.05, 0) is 37.1 Å². The number of benzene rings is 1. The van der Waals surface area contributed by atoms with E-state index in [1.807, 2.05) is 17.4 Å². The molecule has 0 saturated carbocycles. The SMILES string of the molecule is CCc1ccc(C(C)NCC2Cc3ccccc3O2)s1. The van der Waals surface area contributed by atoms with Gasteiger partial charge in [-0.25, -0.2) is 0 Å². The maximum atomic E-state index is 5.96. The first kappa shape index (κ1) is 13.7. The molecule has 2 aromatic rings. The van der Waals surface area contributed by atoms with Crippen LogP contribution in [-0.4, -0.2) is 12.6 Å². The topological polar surface area (TPSA) is 21.3 Å². The van der Waals surface area contributed by atoms with Crippen LogP contribution in [0.15, 0.2) is 36.4 Å². The summed E-state index contributed by atoms with van der Waals surface area (Å²) in [7, 11) is 0. The number of rotatable bonds is 5. The summed E-state index contributed by atoms with van der Waals surface area (Å²) in [6.07, 6.45) is 2.40. The molecule has 1 aliphatic heterocycles. The smallest absolute Gasteiger partial charge is 0.123 e. The fourth-order valence-electron chi connectivity index (χ4n) is 2.59. The molecule has 0 saturated heterocycles. The predicted octanol–water partition coefficient (Wildman–Crippen LogP) is 3.96. The van der Waals surface area contributed by atoms with Gasteiger partial charge in [-0.3, -0.25) is 0 Å². The van der Waals surface area contributed by atoms with Crippen LogP contribution in [0.25, 0.3) is 0 Å². The number of ether oxygens (including phenoxy) is 1. The third kappa shape index (κ3) is 2.89. The summed E-state index contributed by atoms with van der Waals surface area (Å²) in [5, 5.41) is 3.60. The Bertz CT molecular complexity index is 553. The predicted molar refractivity (Wildman–Crippen MR) is 84.7 cm³/mol. The van der Waals surface area contributed by atoms with Crippen LogP contribution in [0.4, 0.5) is 0 Å². The molecule has 2 nitrogen and oxygen atoms in total. The fraction of sp³-hybridized carbons (Fsp3) is 0.412. The van der Waals surface area contributed by atoms with E-state index in [2.05, 4.69) is 49.5 Å². The second kappa shape index (κ2) is 5.98. The van der Waals surface area contributed by atoms with Crippen LogP contribution in [0.3, 0.4) is 0 Å². The van der Waals surface area contributed by atoms with E-state index in [-0.39, 0.29) is 6.10 Å². The van der Waals surface area contributed by atoms with Crippen LogP contribution in [0.1, 0.15) is 35.2 Å². The van der Waals surface area contributed by atoms with E-state index < -0.39 is 0 Å². The zero-order valence-electron chi connectivity index (χ0n) is 12.1. The van der Waals surface area contributed by atoms with Gasteiger partial charge in [0, 0.05) is 28.8 Å². The molecule has 1 aromatic carbocycles. The van der Waals surface area contributed by atoms with Gasteiger partial charge in [-0.15, -0.1) is 11.3 Å². The molecule has 0 amide bonds. The van der Waals surface area contributed by atoms with E-state index in [9.17, 15) is 0 Å². The third-order valence-electron chi connectivity index (χ3n) is 3.82. The van der Waals surface area contributed by atoms with Crippen molar-refractivity contribution < 1.29 is 4.74 Å². The molecule has 0 fully saturated rings. The molecule has 2 atom stereocenters. The highest BCUT2D eigenvalue weighted by Crippen LogP contribution is 2.28. The molecule has 1 aromatic heterocycles. The highest BCUT2D eigenvalue weighted by Gasteiger charge is 2.22. The minimum Gasteiger partial charge on any atom is -0.488 e. The molecule has 1 aliphatic rings. The van der Waals surface area contributed by atoms with Gasteiger partial charge >= 0.3 is 0 Å². The van der Waals surface area contributed by atoms with Crippen LogP contribution in [0.2, 0.25) is 0 Å². The van der Waals surface area contributed by atoms with Crippen molar-refractivity contribution in [2.24, 2.45) is 0 Å². The minimum absolute atomic E-state index is 0.264. The van der Waals surface area contributed by atoms with Crippen molar-refractivity contribution in [3.63, 3.8) is 0 Å². The largest absolute Gasteiger partial charge is 0.488 e. The van der Waals surface area contributed by atoms with Gasteiger partial charge < -0.3 is 10.1 Å². The number of hydrogen-bond acceptors (Lipinski definition) is 3. The zero-order valence-corrected chi connectivity index (χ0v) is 12.9. The quantitative estimate of drug-likeness (QED) is 0.898. The molecule has 106 valence electrons. The first-order valence-electron chi connectivity index (χ1n) is 7.33. The number of aryl methyl sites for hydroxylation is 1. The van der Waals surface area contributed by atoms with E-state index in [0.29, 0.717) is 6.04 Å². The van der Waals surface area contributed by atoms with Crippen molar-refractivity contribution in [3.05, 3.63) is 51.7 Å². The van der Waals surface area contributed by atoms with E-state index in [0.717, 1.165) is 25.1 Å². The second-order valence-electron chi connectivity index (χ2n) is 5.34. The summed E-state index contributed by atoms with van der Waals surface area (Å²) in [5.74, 6) is 1.05. The summed E-state index contributed by atoms with van der Waals surface area (Å²) in [6.45, 7) is 5.33. The fourth-order valence-corrected chi connectivity index (χ4v) is 3.57. The molecule has 1 N–H and O–H groups in total. The summed E-state index contributed by atoms with van der Waals surface area (Å²) in [6, 6.07) is 13.2. The monoisotopic (exact) mass is 287 g/mol. The lowest BCUT2D eigenvalue weighted by molar-refractivity contribution is 0.223. The second-order valence-corrected chi connectivity index (χ2v) is 6.54. The lowest BCUT2D eigenvalue weighted by Gasteiger charge is -2.16. The minimum atomic E-state index is 0.264. The maximum Gasteiger partial charge on any atom is 0.123 e. The summed E-state index contributed by atoms with van der Waals surface area (Å²) < 4.78 is 5.96. The summed E-state index contributed by atoms with van der Waals surface area (Å²) >= 11 is 1.91. The van der Waals surface area contributed by atoms with E-state index in [1.165, 1.54) is 15.3 Å². The Hall–Kier alpha value is -1.32. The van der Waals surface area contributed by atoms with Gasteiger partial charge in [-0.1, -0.05) is 25.1 Å². The van der Waals surface area contributed by atoms with Crippen molar-refractivity contribution in [1.82, 2.24) is 5.32 Å². The molecule has 3 rings (SSSR count). The van der Waals surface area contributed by atoms with Crippen LogP contribution >= 0.6 is 11.3 Å². The number of nitrogens with one attached hydrogen (secondary N) is 1. The summed E-state index contributed by atoms with van der Waals surface area (Å²) in [4.78, 5) is 2.87. The maximum absolute atomic E-state index is 5.96. The summed E-state index contributed by atoms with van der Waals surface area (Å²) in [5.41, 5.74) is 1.33. The molecular formula is C17H21NOS. The number of thiophene rings is 1. The Labute approximate surface area is 124 Å². The van der Waals surface area contributed by atoms with Crippen LogP contribution in [0.5, 0.6) is 5.75 Å². The molecule has 3 heteroatoms. The molecule has 0 spiro atoms. The van der Waals surface area contributed by atoms with Gasteiger partial charge in [0.05, 0.1) is 0 Å². The molecule has 2 unspecified atom stereocenters. The van der Waals surface area contributed by atoms with Crippen molar-refractivity contribution in [2.45, 2.75) is 38.8 Å². The average molecular weight is 287 g/mol. The Balaban J connectivity index is 1.53. The highest BCUT2D eigenvalue weighted by atomic mass is 32.1. The Kier molecular flexibility index (Phi) is 4.08. The molecule has 20 heavy (non-hydrogen) atoms. The number of hydrogen-bond donors (Lipinski definition) is 1. The number of para-hydroxylation sites is 1. The number of fused-ring (bicyclic) bond motifs is 1. The van der Waals surface area contributed by atoms with Gasteiger partial charge in [-0.2, -0.15) is 0 Å². The van der Waals surface area contributed by atoms with Crippen molar-refractivity contribution in [2.75, 3.05) is 6.54 Å². The van der Waals surface area contributed by atoms with Gasteiger partial charge in [0.25, 0.3) is 0 Å².